The Morgan fingerprint density at radius 1 is 1.04 bits per heavy atom. The van der Waals surface area contributed by atoms with Gasteiger partial charge in [0.2, 0.25) is 5.95 Å². The van der Waals surface area contributed by atoms with E-state index in [-0.39, 0.29) is 50.0 Å². The van der Waals surface area contributed by atoms with Gasteiger partial charge in [-0.1, -0.05) is 23.2 Å². The number of nitrogen functional groups attached to an aromatic ring is 1. The molecule has 2 heterocycles. The van der Waals surface area contributed by atoms with E-state index in [0.29, 0.717) is 5.39 Å². The van der Waals surface area contributed by atoms with Crippen molar-refractivity contribution in [3.63, 3.8) is 0 Å². The van der Waals surface area contributed by atoms with Crippen LogP contribution in [0.5, 0.6) is 11.5 Å². The third-order valence-corrected chi connectivity index (χ3v) is 4.60. The number of pyridine rings is 1. The summed E-state index contributed by atoms with van der Waals surface area (Å²) in [5.74, 6) is 0.293. The average molecular weight is 433 g/mol. The van der Waals surface area contributed by atoms with Crippen LogP contribution in [0.1, 0.15) is 5.69 Å². The summed E-state index contributed by atoms with van der Waals surface area (Å²) in [5.41, 5.74) is 5.45. The summed E-state index contributed by atoms with van der Waals surface area (Å²) >= 11 is 12.7. The average Bonchev–Trinajstić information content (AvgIpc) is 2.61. The third-order valence-electron chi connectivity index (χ3n) is 3.85. The van der Waals surface area contributed by atoms with Crippen LogP contribution in [-0.2, 0) is 6.42 Å². The monoisotopic (exact) mass is 432 g/mol. The van der Waals surface area contributed by atoms with Crippen molar-refractivity contribution < 1.29 is 22.6 Å². The second-order valence-electron chi connectivity index (χ2n) is 5.70. The molecule has 0 radical (unpaired) electrons. The SMILES string of the molecule is COc1cc(OC)c(Cl)c(-c2cc3cnc(N)nc3c(CC(F)(F)F)n2)c1Cl. The van der Waals surface area contributed by atoms with Crippen LogP contribution in [0.25, 0.3) is 22.2 Å². The second-order valence-corrected chi connectivity index (χ2v) is 6.45. The van der Waals surface area contributed by atoms with Gasteiger partial charge < -0.3 is 15.2 Å². The molecule has 11 heteroatoms. The summed E-state index contributed by atoms with van der Waals surface area (Å²) in [7, 11) is 2.77. The van der Waals surface area contributed by atoms with Crippen molar-refractivity contribution in [2.45, 2.75) is 12.6 Å². The Hall–Kier alpha value is -2.52. The Morgan fingerprint density at radius 3 is 2.18 bits per heavy atom. The summed E-state index contributed by atoms with van der Waals surface area (Å²) in [4.78, 5) is 11.9. The Morgan fingerprint density at radius 2 is 1.64 bits per heavy atom. The normalized spacial score (nSPS) is 11.7. The van der Waals surface area contributed by atoms with Crippen LogP contribution in [0.4, 0.5) is 19.1 Å². The van der Waals surface area contributed by atoms with Gasteiger partial charge in [0.15, 0.2) is 0 Å². The van der Waals surface area contributed by atoms with E-state index in [1.54, 1.807) is 0 Å². The van der Waals surface area contributed by atoms with E-state index in [2.05, 4.69) is 15.0 Å². The molecule has 0 unspecified atom stereocenters. The fourth-order valence-electron chi connectivity index (χ4n) is 2.67. The van der Waals surface area contributed by atoms with Crippen molar-refractivity contribution in [3.8, 4) is 22.8 Å². The molecule has 2 N–H and O–H groups in total. The number of benzene rings is 1. The van der Waals surface area contributed by atoms with E-state index in [4.69, 9.17) is 38.4 Å². The van der Waals surface area contributed by atoms with Crippen molar-refractivity contribution in [3.05, 3.63) is 34.1 Å². The molecule has 0 aliphatic heterocycles. The lowest BCUT2D eigenvalue weighted by Crippen LogP contribution is -2.14. The molecule has 1 aromatic carbocycles. The van der Waals surface area contributed by atoms with Crippen molar-refractivity contribution in [2.24, 2.45) is 0 Å². The molecule has 0 saturated heterocycles. The number of ether oxygens (including phenoxy) is 2. The predicted octanol–water partition coefficient (Wildman–Crippen LogP) is 4.70. The van der Waals surface area contributed by atoms with Crippen molar-refractivity contribution in [1.29, 1.82) is 0 Å². The number of hydrogen-bond donors (Lipinski definition) is 1. The maximum atomic E-state index is 13.1. The highest BCUT2D eigenvalue weighted by molar-refractivity contribution is 6.41. The summed E-state index contributed by atoms with van der Waals surface area (Å²) in [6, 6.07) is 2.94. The van der Waals surface area contributed by atoms with Crippen LogP contribution in [0.3, 0.4) is 0 Å². The topological polar surface area (TPSA) is 83.2 Å². The van der Waals surface area contributed by atoms with Crippen LogP contribution in [-0.4, -0.2) is 35.3 Å². The van der Waals surface area contributed by atoms with E-state index in [9.17, 15) is 13.2 Å². The smallest absolute Gasteiger partial charge is 0.394 e. The molecule has 28 heavy (non-hydrogen) atoms. The fourth-order valence-corrected chi connectivity index (χ4v) is 3.37. The van der Waals surface area contributed by atoms with Crippen LogP contribution in [0.15, 0.2) is 18.3 Å². The Balaban J connectivity index is 2.35. The third kappa shape index (κ3) is 3.85. The van der Waals surface area contributed by atoms with Crippen LogP contribution >= 0.6 is 23.2 Å². The Bertz CT molecular complexity index is 1030. The zero-order valence-electron chi connectivity index (χ0n) is 14.6. The number of nitrogens with zero attached hydrogens (tertiary/aromatic N) is 3. The number of rotatable bonds is 4. The van der Waals surface area contributed by atoms with Crippen molar-refractivity contribution in [1.82, 2.24) is 15.0 Å². The van der Waals surface area contributed by atoms with Gasteiger partial charge in [0.05, 0.1) is 47.6 Å². The van der Waals surface area contributed by atoms with E-state index < -0.39 is 12.6 Å². The zero-order chi connectivity index (χ0) is 20.6. The van der Waals surface area contributed by atoms with E-state index >= 15 is 0 Å². The summed E-state index contributed by atoms with van der Waals surface area (Å²) < 4.78 is 49.7. The second kappa shape index (κ2) is 7.48. The first-order chi connectivity index (χ1) is 13.1. The van der Waals surface area contributed by atoms with Gasteiger partial charge in [-0.2, -0.15) is 13.2 Å². The summed E-state index contributed by atoms with van der Waals surface area (Å²) in [5, 5.41) is 0.455. The minimum Gasteiger partial charge on any atom is -0.495 e. The molecule has 0 aliphatic rings. The molecule has 0 fully saturated rings. The van der Waals surface area contributed by atoms with Crippen molar-refractivity contribution >= 4 is 40.1 Å². The molecule has 3 aromatic rings. The van der Waals surface area contributed by atoms with Crippen LogP contribution in [0.2, 0.25) is 10.0 Å². The van der Waals surface area contributed by atoms with Crippen LogP contribution in [0, 0.1) is 0 Å². The van der Waals surface area contributed by atoms with Gasteiger partial charge in [0.1, 0.15) is 11.5 Å². The summed E-state index contributed by atoms with van der Waals surface area (Å²) in [6.45, 7) is 0. The Kier molecular flexibility index (Phi) is 5.40. The first-order valence-electron chi connectivity index (χ1n) is 7.74. The highest BCUT2D eigenvalue weighted by Crippen LogP contribution is 2.46. The first-order valence-corrected chi connectivity index (χ1v) is 8.49. The maximum absolute atomic E-state index is 13.1. The van der Waals surface area contributed by atoms with Crippen molar-refractivity contribution in [2.75, 3.05) is 20.0 Å². The van der Waals surface area contributed by atoms with Gasteiger partial charge in [-0.15, -0.1) is 0 Å². The highest BCUT2D eigenvalue weighted by Gasteiger charge is 2.31. The van der Waals surface area contributed by atoms with E-state index in [1.165, 1.54) is 32.5 Å². The molecule has 2 aromatic heterocycles. The number of hydrogen-bond acceptors (Lipinski definition) is 6. The van der Waals surface area contributed by atoms with Gasteiger partial charge >= 0.3 is 6.18 Å². The molecule has 0 amide bonds. The Labute approximate surface area is 167 Å². The molecule has 0 aliphatic carbocycles. The quantitative estimate of drug-likeness (QED) is 0.642. The van der Waals surface area contributed by atoms with E-state index in [1.807, 2.05) is 0 Å². The van der Waals surface area contributed by atoms with E-state index in [0.717, 1.165) is 0 Å². The lowest BCUT2D eigenvalue weighted by atomic mass is 10.1. The molecular weight excluding hydrogens is 420 g/mol. The molecule has 0 saturated carbocycles. The number of halogens is 5. The highest BCUT2D eigenvalue weighted by atomic mass is 35.5. The maximum Gasteiger partial charge on any atom is 0.394 e. The number of fused-ring (bicyclic) bond motifs is 1. The molecule has 0 spiro atoms. The minimum absolute atomic E-state index is 0.00400. The van der Waals surface area contributed by atoms with Gasteiger partial charge in [-0.05, 0) is 6.07 Å². The standard InChI is InChI=1S/C17H13Cl2F3N4O2/c1-27-10-4-11(28-2)14(19)12(13(10)18)8-3-7-6-24-16(23)26-15(7)9(25-8)5-17(20,21)22/h3-4,6H,5H2,1-2H3,(H2,23,24,26). The predicted molar refractivity (Wildman–Crippen MR) is 100 cm³/mol. The minimum atomic E-state index is -4.52. The zero-order valence-corrected chi connectivity index (χ0v) is 16.1. The lowest BCUT2D eigenvalue weighted by molar-refractivity contribution is -0.127. The number of methoxy groups -OCH3 is 2. The number of aromatic nitrogens is 3. The van der Waals surface area contributed by atoms with Crippen LogP contribution < -0.4 is 15.2 Å². The van der Waals surface area contributed by atoms with Gasteiger partial charge in [-0.3, -0.25) is 4.98 Å². The molecule has 0 atom stereocenters. The lowest BCUT2D eigenvalue weighted by Gasteiger charge is -2.16. The first kappa shape index (κ1) is 20.2. The number of alkyl halides is 3. The van der Waals surface area contributed by atoms with Gasteiger partial charge in [0.25, 0.3) is 0 Å². The fraction of sp³-hybridized carbons (Fsp3) is 0.235. The number of anilines is 1. The summed E-state index contributed by atoms with van der Waals surface area (Å²) in [6.07, 6.45) is -4.52. The largest absolute Gasteiger partial charge is 0.495 e. The molecule has 0 bridgehead atoms. The molecule has 148 valence electrons. The van der Waals surface area contributed by atoms with Gasteiger partial charge in [-0.25, -0.2) is 9.97 Å². The molecule has 6 nitrogen and oxygen atoms in total. The molecular formula is C17H13Cl2F3N4O2. The molecule has 3 rings (SSSR count). The number of nitrogens with two attached hydrogens (primary N) is 1. The van der Waals surface area contributed by atoms with Gasteiger partial charge in [0, 0.05) is 23.2 Å².